The Balaban J connectivity index is 2.00. The lowest BCUT2D eigenvalue weighted by Gasteiger charge is -2.14. The molecule has 0 spiro atoms. The van der Waals surface area contributed by atoms with E-state index in [1.54, 1.807) is 0 Å². The summed E-state index contributed by atoms with van der Waals surface area (Å²) in [6.07, 6.45) is 0.877. The van der Waals surface area contributed by atoms with Gasteiger partial charge in [-0.3, -0.25) is 0 Å². The highest BCUT2D eigenvalue weighted by atomic mass is 35.5. The Bertz CT molecular complexity index is 526. The minimum Gasteiger partial charge on any atom is -0.493 e. The van der Waals surface area contributed by atoms with Crippen LogP contribution in [0.4, 0.5) is 0 Å². The van der Waals surface area contributed by atoms with Crippen molar-refractivity contribution >= 4 is 11.6 Å². The molecule has 2 rings (SSSR count). The zero-order valence-electron chi connectivity index (χ0n) is 11.0. The summed E-state index contributed by atoms with van der Waals surface area (Å²) in [5, 5.41) is 0.683. The highest BCUT2D eigenvalue weighted by Gasteiger charge is 2.08. The average Bonchev–Trinajstić information content (AvgIpc) is 2.41. The number of ether oxygens (including phenoxy) is 1. The lowest BCUT2D eigenvalue weighted by molar-refractivity contribution is 0.317. The van der Waals surface area contributed by atoms with Gasteiger partial charge in [0.05, 0.1) is 6.61 Å². The number of hydrogen-bond donors (Lipinski definition) is 1. The molecule has 0 heterocycles. The van der Waals surface area contributed by atoms with E-state index < -0.39 is 0 Å². The van der Waals surface area contributed by atoms with Gasteiger partial charge in [0.25, 0.3) is 0 Å². The molecule has 0 amide bonds. The molecule has 0 radical (unpaired) electrons. The van der Waals surface area contributed by atoms with Crippen LogP contribution in [-0.2, 0) is 6.42 Å². The van der Waals surface area contributed by atoms with Crippen molar-refractivity contribution in [3.05, 3.63) is 64.7 Å². The molecule has 0 aliphatic carbocycles. The van der Waals surface area contributed by atoms with E-state index in [1.807, 2.05) is 43.3 Å². The molecule has 19 heavy (non-hydrogen) atoms. The van der Waals surface area contributed by atoms with Crippen LogP contribution in [0.25, 0.3) is 0 Å². The van der Waals surface area contributed by atoms with Crippen molar-refractivity contribution in [2.24, 2.45) is 5.73 Å². The van der Waals surface area contributed by atoms with Gasteiger partial charge in [-0.05, 0) is 30.7 Å². The number of nitrogens with two attached hydrogens (primary N) is 1. The van der Waals surface area contributed by atoms with Crippen molar-refractivity contribution in [2.45, 2.75) is 19.4 Å². The van der Waals surface area contributed by atoms with E-state index in [9.17, 15) is 0 Å². The molecular weight excluding hydrogens is 258 g/mol. The molecular formula is C16H18ClNO. The molecule has 2 N–H and O–H groups in total. The average molecular weight is 276 g/mol. The fourth-order valence-electron chi connectivity index (χ4n) is 1.93. The van der Waals surface area contributed by atoms with Gasteiger partial charge in [-0.2, -0.15) is 0 Å². The van der Waals surface area contributed by atoms with Crippen LogP contribution in [0.5, 0.6) is 5.75 Å². The number of benzene rings is 2. The van der Waals surface area contributed by atoms with Crippen molar-refractivity contribution in [3.63, 3.8) is 0 Å². The molecule has 0 aliphatic heterocycles. The highest BCUT2D eigenvalue weighted by molar-refractivity contribution is 6.30. The highest BCUT2D eigenvalue weighted by Crippen LogP contribution is 2.27. The standard InChI is InChI=1S/C16H18ClNO/c1-12(18)15-11-14(17)7-8-16(15)19-10-9-13-5-3-2-4-6-13/h2-8,11-12H,9-10,18H2,1H3/t12-/m1/s1. The van der Waals surface area contributed by atoms with Gasteiger partial charge in [-0.15, -0.1) is 0 Å². The van der Waals surface area contributed by atoms with E-state index in [-0.39, 0.29) is 6.04 Å². The Hall–Kier alpha value is -1.51. The van der Waals surface area contributed by atoms with Crippen LogP contribution in [0.15, 0.2) is 48.5 Å². The molecule has 0 fully saturated rings. The first kappa shape index (κ1) is 13.9. The summed E-state index contributed by atoms with van der Waals surface area (Å²) in [5.74, 6) is 0.815. The van der Waals surface area contributed by atoms with E-state index in [2.05, 4.69) is 12.1 Å². The largest absolute Gasteiger partial charge is 0.493 e. The second-order valence-electron chi connectivity index (χ2n) is 4.55. The molecule has 0 bridgehead atoms. The van der Waals surface area contributed by atoms with Gasteiger partial charge in [0, 0.05) is 23.0 Å². The van der Waals surface area contributed by atoms with Gasteiger partial charge in [0.1, 0.15) is 5.75 Å². The minimum atomic E-state index is -0.0922. The van der Waals surface area contributed by atoms with Crippen LogP contribution in [0.3, 0.4) is 0 Å². The van der Waals surface area contributed by atoms with Crippen molar-refractivity contribution in [1.82, 2.24) is 0 Å². The maximum Gasteiger partial charge on any atom is 0.124 e. The topological polar surface area (TPSA) is 35.2 Å². The summed E-state index contributed by atoms with van der Waals surface area (Å²) < 4.78 is 5.82. The predicted molar refractivity (Wildman–Crippen MR) is 79.7 cm³/mol. The number of rotatable bonds is 5. The van der Waals surface area contributed by atoms with Gasteiger partial charge in [0.2, 0.25) is 0 Å². The maximum atomic E-state index is 5.98. The van der Waals surface area contributed by atoms with Crippen LogP contribution in [-0.4, -0.2) is 6.61 Å². The Kier molecular flexibility index (Phi) is 4.83. The molecule has 0 aromatic heterocycles. The molecule has 2 aromatic rings. The fourth-order valence-corrected chi connectivity index (χ4v) is 2.11. The quantitative estimate of drug-likeness (QED) is 0.896. The van der Waals surface area contributed by atoms with E-state index in [4.69, 9.17) is 22.1 Å². The molecule has 3 heteroatoms. The van der Waals surface area contributed by atoms with Crippen molar-refractivity contribution in [3.8, 4) is 5.75 Å². The van der Waals surface area contributed by atoms with Crippen LogP contribution >= 0.6 is 11.6 Å². The summed E-state index contributed by atoms with van der Waals surface area (Å²) >= 11 is 5.98. The van der Waals surface area contributed by atoms with Crippen molar-refractivity contribution < 1.29 is 4.74 Å². The normalized spacial score (nSPS) is 12.2. The second kappa shape index (κ2) is 6.60. The van der Waals surface area contributed by atoms with Crippen LogP contribution in [0.1, 0.15) is 24.1 Å². The third-order valence-corrected chi connectivity index (χ3v) is 3.19. The minimum absolute atomic E-state index is 0.0922. The number of halogens is 1. The maximum absolute atomic E-state index is 5.98. The van der Waals surface area contributed by atoms with E-state index in [1.165, 1.54) is 5.56 Å². The zero-order chi connectivity index (χ0) is 13.7. The van der Waals surface area contributed by atoms with Crippen LogP contribution in [0, 0.1) is 0 Å². The summed E-state index contributed by atoms with van der Waals surface area (Å²) in [4.78, 5) is 0. The molecule has 2 nitrogen and oxygen atoms in total. The SMILES string of the molecule is C[C@@H](N)c1cc(Cl)ccc1OCCc1ccccc1. The summed E-state index contributed by atoms with van der Waals surface area (Å²) in [5.41, 5.74) is 8.14. The molecule has 0 saturated carbocycles. The van der Waals surface area contributed by atoms with Gasteiger partial charge < -0.3 is 10.5 Å². The first-order valence-electron chi connectivity index (χ1n) is 6.38. The molecule has 2 aromatic carbocycles. The molecule has 100 valence electrons. The zero-order valence-corrected chi connectivity index (χ0v) is 11.7. The first-order chi connectivity index (χ1) is 9.16. The molecule has 0 saturated heterocycles. The smallest absolute Gasteiger partial charge is 0.124 e. The van der Waals surface area contributed by atoms with E-state index in [0.717, 1.165) is 17.7 Å². The lowest BCUT2D eigenvalue weighted by Crippen LogP contribution is -2.09. The van der Waals surface area contributed by atoms with Crippen LogP contribution in [0.2, 0.25) is 5.02 Å². The van der Waals surface area contributed by atoms with Crippen LogP contribution < -0.4 is 10.5 Å². The van der Waals surface area contributed by atoms with Gasteiger partial charge in [0.15, 0.2) is 0 Å². The molecule has 0 unspecified atom stereocenters. The van der Waals surface area contributed by atoms with Gasteiger partial charge in [-0.25, -0.2) is 0 Å². The third-order valence-electron chi connectivity index (χ3n) is 2.95. The van der Waals surface area contributed by atoms with Crippen molar-refractivity contribution in [1.29, 1.82) is 0 Å². The van der Waals surface area contributed by atoms with E-state index in [0.29, 0.717) is 11.6 Å². The summed E-state index contributed by atoms with van der Waals surface area (Å²) in [6, 6.07) is 15.7. The first-order valence-corrected chi connectivity index (χ1v) is 6.76. The lowest BCUT2D eigenvalue weighted by atomic mass is 10.1. The number of hydrogen-bond acceptors (Lipinski definition) is 2. The summed E-state index contributed by atoms with van der Waals surface area (Å²) in [6.45, 7) is 2.56. The Morgan fingerprint density at radius 3 is 2.58 bits per heavy atom. The van der Waals surface area contributed by atoms with E-state index >= 15 is 0 Å². The monoisotopic (exact) mass is 275 g/mol. The van der Waals surface area contributed by atoms with Crippen molar-refractivity contribution in [2.75, 3.05) is 6.61 Å². The second-order valence-corrected chi connectivity index (χ2v) is 4.99. The Morgan fingerprint density at radius 2 is 1.89 bits per heavy atom. The van der Waals surface area contributed by atoms with Gasteiger partial charge in [-0.1, -0.05) is 41.9 Å². The fraction of sp³-hybridized carbons (Fsp3) is 0.250. The third kappa shape index (κ3) is 3.98. The predicted octanol–water partition coefficient (Wildman–Crippen LogP) is 3.98. The van der Waals surface area contributed by atoms with Gasteiger partial charge >= 0.3 is 0 Å². The molecule has 1 atom stereocenters. The Labute approximate surface area is 119 Å². The molecule has 0 aliphatic rings. The Morgan fingerprint density at radius 1 is 1.16 bits per heavy atom. The summed E-state index contributed by atoms with van der Waals surface area (Å²) in [7, 11) is 0.